The average Bonchev–Trinajstić information content (AvgIpc) is 3.57. The topological polar surface area (TPSA) is 55.4 Å². The van der Waals surface area contributed by atoms with E-state index in [-0.39, 0.29) is 0 Å². The highest BCUT2D eigenvalue weighted by Gasteiger charge is 2.38. The van der Waals surface area contributed by atoms with E-state index < -0.39 is 10.8 Å². The van der Waals surface area contributed by atoms with Crippen LogP contribution < -0.4 is 38.9 Å². The number of benzene rings is 6. The van der Waals surface area contributed by atoms with Crippen LogP contribution in [0.3, 0.4) is 0 Å². The predicted octanol–water partition coefficient (Wildman–Crippen LogP) is 18.1. The Bertz CT molecular complexity index is 2480. The minimum absolute atomic E-state index is 0.460. The van der Waals surface area contributed by atoms with Crippen molar-refractivity contribution in [2.75, 3.05) is 39.6 Å². The molecule has 6 heteroatoms. The van der Waals surface area contributed by atoms with Gasteiger partial charge < -0.3 is 28.4 Å². The normalized spacial score (nSPS) is 14.1. The van der Waals surface area contributed by atoms with Gasteiger partial charge in [-0.3, -0.25) is 0 Å². The lowest BCUT2D eigenvalue weighted by Crippen LogP contribution is -2.40. The number of hydrogen-bond acceptors (Lipinski definition) is 6. The van der Waals surface area contributed by atoms with Crippen LogP contribution in [0.15, 0.2) is 121 Å². The molecule has 0 saturated heterocycles. The number of rotatable bonds is 36. The van der Waals surface area contributed by atoms with Gasteiger partial charge in [-0.2, -0.15) is 0 Å². The Morgan fingerprint density at radius 1 is 0.295 bits per heavy atom. The van der Waals surface area contributed by atoms with E-state index in [1.54, 1.807) is 0 Å². The number of ether oxygens (including phenoxy) is 6. The zero-order chi connectivity index (χ0) is 54.1. The molecule has 0 bridgehead atoms. The summed E-state index contributed by atoms with van der Waals surface area (Å²) in [5.41, 5.74) is 3.45. The Kier molecular flexibility index (Phi) is 23.2. The van der Waals surface area contributed by atoms with Gasteiger partial charge in [-0.1, -0.05) is 217 Å². The van der Waals surface area contributed by atoms with Crippen LogP contribution in [0.5, 0.6) is 34.5 Å². The summed E-state index contributed by atoms with van der Waals surface area (Å²) < 4.78 is 39.2. The summed E-state index contributed by atoms with van der Waals surface area (Å²) >= 11 is 0. The third-order valence-corrected chi connectivity index (χ3v) is 16.4. The van der Waals surface area contributed by atoms with E-state index >= 15 is 0 Å². The fourth-order valence-corrected chi connectivity index (χ4v) is 11.6. The Hall–Kier alpha value is -5.88. The summed E-state index contributed by atoms with van der Waals surface area (Å²) in [7, 11) is 0. The van der Waals surface area contributed by atoms with Gasteiger partial charge in [-0.05, 0) is 132 Å². The molecule has 0 radical (unpaired) electrons. The summed E-state index contributed by atoms with van der Waals surface area (Å²) in [6, 6.07) is 43.8. The second-order valence-corrected chi connectivity index (χ2v) is 22.4. The van der Waals surface area contributed by atoms with Gasteiger partial charge in [0.05, 0.1) is 37.3 Å². The van der Waals surface area contributed by atoms with Gasteiger partial charge in [-0.15, -0.1) is 0 Å². The summed E-state index contributed by atoms with van der Waals surface area (Å²) in [6.07, 6.45) is 34.6. The molecule has 0 aromatic heterocycles. The second kappa shape index (κ2) is 31.1. The monoisotopic (exact) mass is 1050 g/mol. The molecule has 0 atom stereocenters. The van der Waals surface area contributed by atoms with Crippen molar-refractivity contribution in [3.05, 3.63) is 154 Å². The van der Waals surface area contributed by atoms with Gasteiger partial charge in [0, 0.05) is 10.4 Å². The van der Waals surface area contributed by atoms with Crippen LogP contribution in [0.2, 0.25) is 0 Å². The molecular weight excluding hydrogens is 961 g/mol. The lowest BCUT2D eigenvalue weighted by molar-refractivity contribution is 0.265. The van der Waals surface area contributed by atoms with E-state index in [2.05, 4.69) is 161 Å². The van der Waals surface area contributed by atoms with Crippen molar-refractivity contribution in [3.8, 4) is 34.5 Å². The second-order valence-electron chi connectivity index (χ2n) is 22.4. The van der Waals surface area contributed by atoms with E-state index in [1.165, 1.54) is 128 Å². The van der Waals surface area contributed by atoms with Gasteiger partial charge >= 0.3 is 0 Å². The standard InChI is InChI=1S/C72H94O6/c1-5-9-13-17-21-25-49-73-61-37-29-57(30-38-61)71(58-31-39-62(40-32-58)74-50-26-22-18-14-10-6-2)53-67-65-45-48-70-68(66(65)46-47-69(67)77-55-71)54-72(56-78-70,59-33-41-63(42-34-59)75-51-27-23-19-15-11-7-3)60-35-43-64(44-36-60)76-52-28-24-20-16-12-8-4/h29-48,53-54H,5-28,49-52,55-56H2,1-4H3. The lowest BCUT2D eigenvalue weighted by Gasteiger charge is -2.36. The van der Waals surface area contributed by atoms with Gasteiger partial charge in [0.2, 0.25) is 0 Å². The van der Waals surface area contributed by atoms with E-state index in [0.29, 0.717) is 13.2 Å². The Labute approximate surface area is 469 Å². The third kappa shape index (κ3) is 15.7. The first kappa shape index (κ1) is 58.3. The summed E-state index contributed by atoms with van der Waals surface area (Å²) in [5, 5.41) is 4.41. The fourth-order valence-electron chi connectivity index (χ4n) is 11.6. The number of fused-ring (bicyclic) bond motifs is 5. The molecule has 0 aliphatic carbocycles. The summed E-state index contributed by atoms with van der Waals surface area (Å²) in [6.45, 7) is 12.9. The molecule has 0 unspecified atom stereocenters. The molecule has 78 heavy (non-hydrogen) atoms. The van der Waals surface area contributed by atoms with Crippen molar-refractivity contribution in [3.63, 3.8) is 0 Å². The molecule has 2 aliphatic rings. The highest BCUT2D eigenvalue weighted by Crippen LogP contribution is 2.42. The minimum atomic E-state index is -0.589. The minimum Gasteiger partial charge on any atom is -0.494 e. The van der Waals surface area contributed by atoms with E-state index in [0.717, 1.165) is 130 Å². The van der Waals surface area contributed by atoms with Crippen molar-refractivity contribution in [2.45, 2.75) is 193 Å². The Morgan fingerprint density at radius 2 is 0.538 bits per heavy atom. The first-order valence-electron chi connectivity index (χ1n) is 31.0. The number of unbranched alkanes of at least 4 members (excludes halogenated alkanes) is 20. The van der Waals surface area contributed by atoms with Crippen molar-refractivity contribution in [2.24, 2.45) is 0 Å². The Morgan fingerprint density at radius 3 is 0.795 bits per heavy atom. The van der Waals surface area contributed by atoms with Gasteiger partial charge in [0.15, 0.2) is 0 Å². The molecule has 6 nitrogen and oxygen atoms in total. The van der Waals surface area contributed by atoms with Crippen LogP contribution >= 0.6 is 0 Å². The molecule has 2 aliphatic heterocycles. The molecule has 8 rings (SSSR count). The average molecular weight is 1060 g/mol. The lowest BCUT2D eigenvalue weighted by atomic mass is 9.72. The van der Waals surface area contributed by atoms with Crippen molar-refractivity contribution < 1.29 is 28.4 Å². The zero-order valence-electron chi connectivity index (χ0n) is 48.4. The molecule has 0 spiro atoms. The largest absolute Gasteiger partial charge is 0.494 e. The molecule has 0 saturated carbocycles. The van der Waals surface area contributed by atoms with E-state index in [9.17, 15) is 0 Å². The maximum absolute atomic E-state index is 6.96. The van der Waals surface area contributed by atoms with Crippen LogP contribution in [0.25, 0.3) is 22.9 Å². The maximum Gasteiger partial charge on any atom is 0.126 e. The van der Waals surface area contributed by atoms with Gasteiger partial charge in [-0.25, -0.2) is 0 Å². The summed E-state index contributed by atoms with van der Waals surface area (Å²) in [5.74, 6) is 5.37. The zero-order valence-corrected chi connectivity index (χ0v) is 48.4. The predicted molar refractivity (Wildman–Crippen MR) is 326 cm³/mol. The van der Waals surface area contributed by atoms with Crippen molar-refractivity contribution in [1.82, 2.24) is 0 Å². The molecule has 0 fully saturated rings. The molecule has 6 aromatic rings. The van der Waals surface area contributed by atoms with Crippen LogP contribution in [-0.4, -0.2) is 39.6 Å². The molecular formula is C72H94O6. The van der Waals surface area contributed by atoms with Crippen LogP contribution in [0, 0.1) is 0 Å². The molecule has 0 N–H and O–H groups in total. The van der Waals surface area contributed by atoms with E-state index in [1.807, 2.05) is 0 Å². The third-order valence-electron chi connectivity index (χ3n) is 16.4. The highest BCUT2D eigenvalue weighted by molar-refractivity contribution is 5.90. The van der Waals surface area contributed by atoms with Gasteiger partial charge in [0.25, 0.3) is 0 Å². The van der Waals surface area contributed by atoms with Gasteiger partial charge in [0.1, 0.15) is 47.7 Å². The molecule has 0 amide bonds. The van der Waals surface area contributed by atoms with E-state index in [4.69, 9.17) is 28.4 Å². The SMILES string of the molecule is CCCCCCCCOc1ccc(C2(c3ccc(OCCCCCCCC)cc3)C=c3c(ccc4c5c(ccc34)OCC(c3ccc(OCCCCCCCC)cc3)(c3ccc(OCCCCCCCC)cc3)C=5)OC2)cc1. The van der Waals surface area contributed by atoms with Crippen molar-refractivity contribution in [1.29, 1.82) is 0 Å². The molecule has 6 aromatic carbocycles. The van der Waals surface area contributed by atoms with Crippen LogP contribution in [0.1, 0.15) is 204 Å². The molecule has 418 valence electrons. The summed E-state index contributed by atoms with van der Waals surface area (Å²) in [4.78, 5) is 0. The highest BCUT2D eigenvalue weighted by atomic mass is 16.5. The quantitative estimate of drug-likeness (QED) is 0.0366. The fraction of sp³-hybridized carbons (Fsp3) is 0.500. The maximum atomic E-state index is 6.96. The Balaban J connectivity index is 1.14. The van der Waals surface area contributed by atoms with Crippen LogP contribution in [-0.2, 0) is 10.8 Å². The molecule has 2 heterocycles. The van der Waals surface area contributed by atoms with Crippen molar-refractivity contribution >= 4 is 22.9 Å². The number of hydrogen-bond donors (Lipinski definition) is 0. The van der Waals surface area contributed by atoms with Crippen LogP contribution in [0.4, 0.5) is 0 Å². The smallest absolute Gasteiger partial charge is 0.126 e. The first-order chi connectivity index (χ1) is 38.5. The first-order valence-corrected chi connectivity index (χ1v) is 31.0.